The zero-order valence-electron chi connectivity index (χ0n) is 12.2. The Kier molecular flexibility index (Phi) is 4.59. The molecular weight excluding hydrogens is 236 g/mol. The summed E-state index contributed by atoms with van der Waals surface area (Å²) in [7, 11) is 0. The van der Waals surface area contributed by atoms with E-state index < -0.39 is 0 Å². The van der Waals surface area contributed by atoms with Gasteiger partial charge in [-0.05, 0) is 37.9 Å². The standard InChI is InChI=1S/C16H24N2O/c1-4-17-11-13(3)16(19)18-9-5-6-14-10-12(2)7-8-15(14)18/h7-8,10,13,17H,4-6,9,11H2,1-3H3. The largest absolute Gasteiger partial charge is 0.316 e. The van der Waals surface area contributed by atoms with Crippen LogP contribution in [-0.4, -0.2) is 25.5 Å². The minimum Gasteiger partial charge on any atom is -0.316 e. The van der Waals surface area contributed by atoms with Crippen molar-refractivity contribution in [1.82, 2.24) is 5.32 Å². The first-order valence-corrected chi connectivity index (χ1v) is 7.25. The van der Waals surface area contributed by atoms with Crippen LogP contribution in [0.25, 0.3) is 0 Å². The normalized spacial score (nSPS) is 16.1. The number of rotatable bonds is 4. The molecule has 1 aliphatic heterocycles. The van der Waals surface area contributed by atoms with E-state index in [-0.39, 0.29) is 11.8 Å². The summed E-state index contributed by atoms with van der Waals surface area (Å²) < 4.78 is 0. The number of hydrogen-bond acceptors (Lipinski definition) is 2. The van der Waals surface area contributed by atoms with Crippen molar-refractivity contribution in [2.45, 2.75) is 33.6 Å². The summed E-state index contributed by atoms with van der Waals surface area (Å²) in [5.74, 6) is 0.276. The van der Waals surface area contributed by atoms with Crippen LogP contribution in [0.3, 0.4) is 0 Å². The number of nitrogens with zero attached hydrogens (tertiary/aromatic N) is 1. The van der Waals surface area contributed by atoms with E-state index in [0.717, 1.165) is 38.2 Å². The van der Waals surface area contributed by atoms with Crippen LogP contribution < -0.4 is 10.2 Å². The number of hydrogen-bond donors (Lipinski definition) is 1. The minimum atomic E-state index is 0.0344. The van der Waals surface area contributed by atoms with Crippen LogP contribution in [0.2, 0.25) is 0 Å². The van der Waals surface area contributed by atoms with Crippen molar-refractivity contribution in [2.24, 2.45) is 5.92 Å². The summed E-state index contributed by atoms with van der Waals surface area (Å²) in [5.41, 5.74) is 3.70. The van der Waals surface area contributed by atoms with Crippen LogP contribution in [0.4, 0.5) is 5.69 Å². The van der Waals surface area contributed by atoms with Crippen LogP contribution in [-0.2, 0) is 11.2 Å². The van der Waals surface area contributed by atoms with Crippen molar-refractivity contribution >= 4 is 11.6 Å². The Morgan fingerprint density at radius 1 is 1.47 bits per heavy atom. The lowest BCUT2D eigenvalue weighted by molar-refractivity contribution is -0.121. The fourth-order valence-electron chi connectivity index (χ4n) is 2.67. The molecule has 0 aliphatic carbocycles. The summed E-state index contributed by atoms with van der Waals surface area (Å²) in [6.45, 7) is 8.70. The van der Waals surface area contributed by atoms with E-state index in [2.05, 4.69) is 37.4 Å². The first-order chi connectivity index (χ1) is 9.13. The summed E-state index contributed by atoms with van der Waals surface area (Å²) in [5, 5.41) is 3.25. The summed E-state index contributed by atoms with van der Waals surface area (Å²) in [4.78, 5) is 14.5. The van der Waals surface area contributed by atoms with Crippen LogP contribution in [0.5, 0.6) is 0 Å². The molecule has 1 aliphatic rings. The van der Waals surface area contributed by atoms with Gasteiger partial charge in [-0.2, -0.15) is 0 Å². The molecule has 1 aromatic rings. The van der Waals surface area contributed by atoms with Gasteiger partial charge in [0.15, 0.2) is 0 Å². The van der Waals surface area contributed by atoms with E-state index in [1.807, 2.05) is 11.8 Å². The molecule has 3 heteroatoms. The van der Waals surface area contributed by atoms with Gasteiger partial charge >= 0.3 is 0 Å². The molecule has 19 heavy (non-hydrogen) atoms. The first kappa shape index (κ1) is 14.1. The third kappa shape index (κ3) is 3.16. The molecule has 0 fully saturated rings. The molecule has 0 radical (unpaired) electrons. The quantitative estimate of drug-likeness (QED) is 0.902. The molecule has 1 N–H and O–H groups in total. The molecular formula is C16H24N2O. The van der Waals surface area contributed by atoms with Crippen molar-refractivity contribution in [3.63, 3.8) is 0 Å². The van der Waals surface area contributed by atoms with Gasteiger partial charge in [0, 0.05) is 24.7 Å². The molecule has 0 spiro atoms. The number of fused-ring (bicyclic) bond motifs is 1. The molecule has 1 aromatic carbocycles. The Morgan fingerprint density at radius 2 is 2.26 bits per heavy atom. The second-order valence-electron chi connectivity index (χ2n) is 5.43. The highest BCUT2D eigenvalue weighted by atomic mass is 16.2. The first-order valence-electron chi connectivity index (χ1n) is 7.25. The molecule has 0 aromatic heterocycles. The fourth-order valence-corrected chi connectivity index (χ4v) is 2.67. The Hall–Kier alpha value is -1.35. The van der Waals surface area contributed by atoms with E-state index in [1.54, 1.807) is 0 Å². The SMILES string of the molecule is CCNCC(C)C(=O)N1CCCc2cc(C)ccc21. The van der Waals surface area contributed by atoms with Crippen molar-refractivity contribution in [3.8, 4) is 0 Å². The smallest absolute Gasteiger partial charge is 0.231 e. The number of carbonyl (C=O) groups excluding carboxylic acids is 1. The van der Waals surface area contributed by atoms with Crippen molar-refractivity contribution in [3.05, 3.63) is 29.3 Å². The lowest BCUT2D eigenvalue weighted by Gasteiger charge is -2.31. The highest BCUT2D eigenvalue weighted by Gasteiger charge is 2.25. The van der Waals surface area contributed by atoms with Crippen molar-refractivity contribution in [2.75, 3.05) is 24.5 Å². The van der Waals surface area contributed by atoms with Gasteiger partial charge in [-0.3, -0.25) is 4.79 Å². The molecule has 0 bridgehead atoms. The van der Waals surface area contributed by atoms with Gasteiger partial charge in [0.2, 0.25) is 5.91 Å². The molecule has 104 valence electrons. The molecule has 1 heterocycles. The topological polar surface area (TPSA) is 32.3 Å². The highest BCUT2D eigenvalue weighted by Crippen LogP contribution is 2.29. The predicted octanol–water partition coefficient (Wildman–Crippen LogP) is 2.52. The number of carbonyl (C=O) groups is 1. The molecule has 1 atom stereocenters. The summed E-state index contributed by atoms with van der Waals surface area (Å²) in [6, 6.07) is 6.41. The molecule has 3 nitrogen and oxygen atoms in total. The third-order valence-corrected chi connectivity index (χ3v) is 3.74. The molecule has 1 unspecified atom stereocenters. The summed E-state index contributed by atoms with van der Waals surface area (Å²) >= 11 is 0. The van der Waals surface area contributed by atoms with Crippen LogP contribution in [0, 0.1) is 12.8 Å². The maximum atomic E-state index is 12.5. The van der Waals surface area contributed by atoms with Gasteiger partial charge in [0.1, 0.15) is 0 Å². The fraction of sp³-hybridized carbons (Fsp3) is 0.562. The molecule has 2 rings (SSSR count). The Labute approximate surface area is 116 Å². The van der Waals surface area contributed by atoms with Gasteiger partial charge in [0.25, 0.3) is 0 Å². The van der Waals surface area contributed by atoms with E-state index in [4.69, 9.17) is 0 Å². The van der Waals surface area contributed by atoms with Crippen LogP contribution >= 0.6 is 0 Å². The maximum Gasteiger partial charge on any atom is 0.231 e. The van der Waals surface area contributed by atoms with Gasteiger partial charge in [0.05, 0.1) is 0 Å². The number of anilines is 1. The van der Waals surface area contributed by atoms with Gasteiger partial charge in [-0.25, -0.2) is 0 Å². The average molecular weight is 260 g/mol. The van der Waals surface area contributed by atoms with Crippen LogP contribution in [0.1, 0.15) is 31.4 Å². The van der Waals surface area contributed by atoms with E-state index in [1.165, 1.54) is 11.1 Å². The number of benzene rings is 1. The van der Waals surface area contributed by atoms with Crippen molar-refractivity contribution in [1.29, 1.82) is 0 Å². The molecule has 0 saturated carbocycles. The van der Waals surface area contributed by atoms with E-state index in [9.17, 15) is 4.79 Å². The lowest BCUT2D eigenvalue weighted by atomic mass is 9.98. The Balaban J connectivity index is 2.16. The monoisotopic (exact) mass is 260 g/mol. The second-order valence-corrected chi connectivity index (χ2v) is 5.43. The average Bonchev–Trinajstić information content (AvgIpc) is 2.42. The summed E-state index contributed by atoms with van der Waals surface area (Å²) in [6.07, 6.45) is 2.15. The Morgan fingerprint density at radius 3 is 3.00 bits per heavy atom. The second kappa shape index (κ2) is 6.20. The maximum absolute atomic E-state index is 12.5. The minimum absolute atomic E-state index is 0.0344. The van der Waals surface area contributed by atoms with Gasteiger partial charge in [-0.1, -0.05) is 31.5 Å². The highest BCUT2D eigenvalue weighted by molar-refractivity contribution is 5.96. The van der Waals surface area contributed by atoms with Crippen molar-refractivity contribution < 1.29 is 4.79 Å². The van der Waals surface area contributed by atoms with E-state index in [0.29, 0.717) is 0 Å². The number of aryl methyl sites for hydroxylation is 2. The third-order valence-electron chi connectivity index (χ3n) is 3.74. The Bertz CT molecular complexity index is 456. The lowest BCUT2D eigenvalue weighted by Crippen LogP contribution is -2.41. The molecule has 0 saturated heterocycles. The number of nitrogens with one attached hydrogen (secondary N) is 1. The predicted molar refractivity (Wildman–Crippen MR) is 79.6 cm³/mol. The molecule has 1 amide bonds. The van der Waals surface area contributed by atoms with E-state index >= 15 is 0 Å². The van der Waals surface area contributed by atoms with Gasteiger partial charge in [-0.15, -0.1) is 0 Å². The zero-order chi connectivity index (χ0) is 13.8. The number of amides is 1. The van der Waals surface area contributed by atoms with Crippen LogP contribution in [0.15, 0.2) is 18.2 Å². The van der Waals surface area contributed by atoms with Gasteiger partial charge < -0.3 is 10.2 Å². The zero-order valence-corrected chi connectivity index (χ0v) is 12.2.